The first kappa shape index (κ1) is 19.3. The zero-order valence-electron chi connectivity index (χ0n) is 15.7. The van der Waals surface area contributed by atoms with Gasteiger partial charge in [-0.25, -0.2) is 4.79 Å². The molecule has 0 saturated heterocycles. The molecule has 0 amide bonds. The van der Waals surface area contributed by atoms with Gasteiger partial charge >= 0.3 is 12.1 Å². The van der Waals surface area contributed by atoms with E-state index >= 15 is 0 Å². The lowest BCUT2D eigenvalue weighted by Gasteiger charge is -2.20. The summed E-state index contributed by atoms with van der Waals surface area (Å²) in [6.45, 7) is 7.15. The van der Waals surface area contributed by atoms with Gasteiger partial charge in [-0.1, -0.05) is 0 Å². The summed E-state index contributed by atoms with van der Waals surface area (Å²) in [6, 6.07) is 5.30. The number of ether oxygens (including phenoxy) is 3. The predicted octanol–water partition coefficient (Wildman–Crippen LogP) is 3.52. The van der Waals surface area contributed by atoms with E-state index in [0.29, 0.717) is 22.2 Å². The largest absolute Gasteiger partial charge is 0.496 e. The van der Waals surface area contributed by atoms with Gasteiger partial charge < -0.3 is 14.2 Å². The molecular weight excluding hydrogens is 336 g/mol. The molecule has 0 spiro atoms. The maximum Gasteiger partial charge on any atom is 0.419 e. The third-order valence-corrected chi connectivity index (χ3v) is 3.83. The number of hydrogen-bond donors (Lipinski definition) is 0. The number of carbonyl (C=O) groups excluding carboxylic acids is 2. The minimum absolute atomic E-state index is 0.366. The van der Waals surface area contributed by atoms with Crippen LogP contribution in [0.1, 0.15) is 37.8 Å². The van der Waals surface area contributed by atoms with Crippen molar-refractivity contribution in [2.45, 2.75) is 39.2 Å². The molecule has 1 aromatic carbocycles. The number of nitriles is 1. The van der Waals surface area contributed by atoms with Gasteiger partial charge in [0.2, 0.25) is 0 Å². The van der Waals surface area contributed by atoms with Crippen molar-refractivity contribution < 1.29 is 23.8 Å². The third kappa shape index (κ3) is 3.49. The molecule has 1 heterocycles. The monoisotopic (exact) mass is 358 g/mol. The fraction of sp³-hybridized carbons (Fsp3) is 0.421. The lowest BCUT2D eigenvalue weighted by Crippen LogP contribution is -2.26. The summed E-state index contributed by atoms with van der Waals surface area (Å²) < 4.78 is 16.9. The molecule has 0 N–H and O–H groups in total. The molecular formula is C19H22N2O5. The number of aryl methyl sites for hydroxylation is 1. The third-order valence-electron chi connectivity index (χ3n) is 3.83. The molecule has 2 rings (SSSR count). The number of hydrogen-bond acceptors (Lipinski definition) is 6. The van der Waals surface area contributed by atoms with Crippen LogP contribution >= 0.6 is 0 Å². The van der Waals surface area contributed by atoms with Crippen molar-refractivity contribution in [3.05, 3.63) is 29.5 Å². The van der Waals surface area contributed by atoms with Crippen molar-refractivity contribution in [3.8, 4) is 11.8 Å². The first-order valence-corrected chi connectivity index (χ1v) is 8.04. The molecule has 0 saturated carbocycles. The van der Waals surface area contributed by atoms with Crippen LogP contribution < -0.4 is 4.74 Å². The molecule has 1 unspecified atom stereocenters. The zero-order chi connectivity index (χ0) is 19.6. The van der Waals surface area contributed by atoms with Gasteiger partial charge in [0.1, 0.15) is 11.4 Å². The summed E-state index contributed by atoms with van der Waals surface area (Å²) in [5.41, 5.74) is 1.01. The molecule has 0 aliphatic rings. The summed E-state index contributed by atoms with van der Waals surface area (Å²) in [5.74, 6) is -1.48. The Kier molecular flexibility index (Phi) is 5.26. The van der Waals surface area contributed by atoms with E-state index in [1.807, 2.05) is 13.0 Å². The van der Waals surface area contributed by atoms with E-state index in [9.17, 15) is 14.9 Å². The lowest BCUT2D eigenvalue weighted by molar-refractivity contribution is -0.141. The number of rotatable bonds is 3. The first-order chi connectivity index (χ1) is 12.1. The summed E-state index contributed by atoms with van der Waals surface area (Å²) in [5, 5.41) is 10.1. The van der Waals surface area contributed by atoms with Crippen LogP contribution in [0.25, 0.3) is 10.9 Å². The topological polar surface area (TPSA) is 90.5 Å². The van der Waals surface area contributed by atoms with Gasteiger partial charge in [0.15, 0.2) is 5.92 Å². The second kappa shape index (κ2) is 7.08. The van der Waals surface area contributed by atoms with Gasteiger partial charge in [-0.05, 0) is 45.4 Å². The number of aromatic nitrogens is 1. The highest BCUT2D eigenvalue weighted by Gasteiger charge is 2.30. The van der Waals surface area contributed by atoms with Gasteiger partial charge in [-0.15, -0.1) is 0 Å². The standard InChI is InChI=1S/C19H22N2O5/c1-11-9-14(24-5)15(13(10-20)17(22)25-6)12-7-8-21(16(11)12)18(23)26-19(2,3)4/h7-9,13H,1-6H3. The van der Waals surface area contributed by atoms with Gasteiger partial charge in [-0.3, -0.25) is 9.36 Å². The number of methoxy groups -OCH3 is 2. The van der Waals surface area contributed by atoms with Crippen LogP contribution in [0.2, 0.25) is 0 Å². The van der Waals surface area contributed by atoms with E-state index in [4.69, 9.17) is 14.2 Å². The summed E-state index contributed by atoms with van der Waals surface area (Å²) in [4.78, 5) is 24.6. The number of benzene rings is 1. The quantitative estimate of drug-likeness (QED) is 0.780. The minimum Gasteiger partial charge on any atom is -0.496 e. The molecule has 1 aromatic heterocycles. The molecule has 138 valence electrons. The Hall–Kier alpha value is -3.01. The van der Waals surface area contributed by atoms with Crippen LogP contribution in [-0.4, -0.2) is 36.5 Å². The second-order valence-corrected chi connectivity index (χ2v) is 6.82. The van der Waals surface area contributed by atoms with Crippen molar-refractivity contribution >= 4 is 23.0 Å². The second-order valence-electron chi connectivity index (χ2n) is 6.82. The lowest BCUT2D eigenvalue weighted by atomic mass is 9.94. The maximum absolute atomic E-state index is 12.5. The number of nitrogens with zero attached hydrogens (tertiary/aromatic N) is 2. The first-order valence-electron chi connectivity index (χ1n) is 8.04. The van der Waals surface area contributed by atoms with Crippen LogP contribution in [-0.2, 0) is 14.3 Å². The van der Waals surface area contributed by atoms with E-state index < -0.39 is 23.6 Å². The van der Waals surface area contributed by atoms with Crippen molar-refractivity contribution in [1.29, 1.82) is 5.26 Å². The summed E-state index contributed by atoms with van der Waals surface area (Å²) >= 11 is 0. The number of fused-ring (bicyclic) bond motifs is 1. The highest BCUT2D eigenvalue weighted by Crippen LogP contribution is 2.37. The highest BCUT2D eigenvalue weighted by molar-refractivity contribution is 5.98. The van der Waals surface area contributed by atoms with E-state index in [2.05, 4.69) is 0 Å². The smallest absolute Gasteiger partial charge is 0.419 e. The molecule has 2 aromatic rings. The van der Waals surface area contributed by atoms with Crippen molar-refractivity contribution in [1.82, 2.24) is 4.57 Å². The number of esters is 1. The van der Waals surface area contributed by atoms with Crippen LogP contribution in [0.3, 0.4) is 0 Å². The zero-order valence-corrected chi connectivity index (χ0v) is 15.7. The van der Waals surface area contributed by atoms with Gasteiger partial charge in [0.05, 0.1) is 25.8 Å². The fourth-order valence-electron chi connectivity index (χ4n) is 2.81. The van der Waals surface area contributed by atoms with E-state index in [0.717, 1.165) is 5.56 Å². The van der Waals surface area contributed by atoms with E-state index in [1.54, 1.807) is 39.1 Å². The van der Waals surface area contributed by atoms with E-state index in [-0.39, 0.29) is 0 Å². The van der Waals surface area contributed by atoms with Gasteiger partial charge in [0.25, 0.3) is 0 Å². The normalized spacial score (nSPS) is 12.3. The Morgan fingerprint density at radius 2 is 1.92 bits per heavy atom. The van der Waals surface area contributed by atoms with Crippen molar-refractivity contribution in [2.75, 3.05) is 14.2 Å². The molecule has 0 bridgehead atoms. The molecule has 1 atom stereocenters. The van der Waals surface area contributed by atoms with Crippen molar-refractivity contribution in [3.63, 3.8) is 0 Å². The van der Waals surface area contributed by atoms with Crippen molar-refractivity contribution in [2.24, 2.45) is 0 Å². The van der Waals surface area contributed by atoms with Crippen LogP contribution in [0, 0.1) is 18.3 Å². The maximum atomic E-state index is 12.5. The van der Waals surface area contributed by atoms with Crippen LogP contribution in [0.5, 0.6) is 5.75 Å². The summed E-state index contributed by atoms with van der Waals surface area (Å²) in [6.07, 6.45) is 1.01. The molecule has 26 heavy (non-hydrogen) atoms. The highest BCUT2D eigenvalue weighted by atomic mass is 16.6. The van der Waals surface area contributed by atoms with Gasteiger partial charge in [0, 0.05) is 17.1 Å². The number of carbonyl (C=O) groups is 2. The molecule has 7 heteroatoms. The SMILES string of the molecule is COC(=O)C(C#N)c1c(OC)cc(C)c2c1ccn2C(=O)OC(C)(C)C. The molecule has 0 radical (unpaired) electrons. The Morgan fingerprint density at radius 3 is 2.42 bits per heavy atom. The Morgan fingerprint density at radius 1 is 1.27 bits per heavy atom. The Balaban J connectivity index is 2.75. The van der Waals surface area contributed by atoms with Crippen LogP contribution in [0.15, 0.2) is 18.3 Å². The van der Waals surface area contributed by atoms with E-state index in [1.165, 1.54) is 18.8 Å². The molecule has 0 aliphatic carbocycles. The van der Waals surface area contributed by atoms with Gasteiger partial charge in [-0.2, -0.15) is 5.26 Å². The fourth-order valence-corrected chi connectivity index (χ4v) is 2.81. The molecule has 0 fully saturated rings. The Labute approximate surface area is 152 Å². The summed E-state index contributed by atoms with van der Waals surface area (Å²) in [7, 11) is 2.68. The molecule has 7 nitrogen and oxygen atoms in total. The van der Waals surface area contributed by atoms with Crippen LogP contribution in [0.4, 0.5) is 4.79 Å². The predicted molar refractivity (Wildman–Crippen MR) is 95.2 cm³/mol. The minimum atomic E-state index is -1.17. The molecule has 0 aliphatic heterocycles. The Bertz CT molecular complexity index is 899. The average molecular weight is 358 g/mol. The average Bonchev–Trinajstić information content (AvgIpc) is 3.00.